The molecule has 3 heterocycles. The molecule has 0 spiro atoms. The van der Waals surface area contributed by atoms with Crippen LogP contribution in [0, 0.1) is 0 Å². The van der Waals surface area contributed by atoms with Crippen LogP contribution in [-0.4, -0.2) is 32.9 Å². The predicted molar refractivity (Wildman–Crippen MR) is 93.2 cm³/mol. The van der Waals surface area contributed by atoms with Crippen molar-refractivity contribution in [1.82, 2.24) is 19.9 Å². The van der Waals surface area contributed by atoms with Crippen LogP contribution in [0.5, 0.6) is 0 Å². The number of fused-ring (bicyclic) bond motifs is 1. The summed E-state index contributed by atoms with van der Waals surface area (Å²) in [5.41, 5.74) is 4.41. The third-order valence-corrected chi connectivity index (χ3v) is 4.96. The molecule has 1 aromatic carbocycles. The molecule has 1 N–H and O–H groups in total. The van der Waals surface area contributed by atoms with Crippen LogP contribution in [0.25, 0.3) is 22.3 Å². The average Bonchev–Trinajstić information content (AvgIpc) is 3.11. The summed E-state index contributed by atoms with van der Waals surface area (Å²) >= 11 is 0. The third kappa shape index (κ3) is 2.75. The Labute approximate surface area is 136 Å². The number of aromatic amines is 1. The van der Waals surface area contributed by atoms with Crippen molar-refractivity contribution in [2.75, 3.05) is 13.1 Å². The lowest BCUT2D eigenvalue weighted by Gasteiger charge is -2.32. The van der Waals surface area contributed by atoms with Crippen molar-refractivity contribution in [3.8, 4) is 11.3 Å². The van der Waals surface area contributed by atoms with Crippen LogP contribution in [0.4, 0.5) is 0 Å². The van der Waals surface area contributed by atoms with Crippen LogP contribution in [0.2, 0.25) is 0 Å². The molecule has 0 radical (unpaired) electrons. The van der Waals surface area contributed by atoms with Gasteiger partial charge in [-0.05, 0) is 44.5 Å². The standard InChI is InChI=1S/C19H22N4/c1-14(23-11-3-2-4-12-23)15-5-7-16(8-6-15)18-17-9-10-20-19(17)22-13-21-18/h5-10,13-14H,2-4,11-12H2,1H3,(H,20,21,22). The van der Waals surface area contributed by atoms with E-state index in [1.807, 2.05) is 12.3 Å². The molecular weight excluding hydrogens is 284 g/mol. The molecule has 23 heavy (non-hydrogen) atoms. The maximum atomic E-state index is 4.47. The van der Waals surface area contributed by atoms with Crippen LogP contribution in [0.3, 0.4) is 0 Å². The normalized spacial score (nSPS) is 17.4. The van der Waals surface area contributed by atoms with Gasteiger partial charge in [-0.1, -0.05) is 30.7 Å². The fourth-order valence-electron chi connectivity index (χ4n) is 3.54. The van der Waals surface area contributed by atoms with Gasteiger partial charge >= 0.3 is 0 Å². The molecule has 0 saturated carbocycles. The van der Waals surface area contributed by atoms with Crippen molar-refractivity contribution in [3.05, 3.63) is 48.4 Å². The number of H-pyrrole nitrogens is 1. The first-order chi connectivity index (χ1) is 11.3. The summed E-state index contributed by atoms with van der Waals surface area (Å²) < 4.78 is 0. The molecule has 4 heteroatoms. The summed E-state index contributed by atoms with van der Waals surface area (Å²) in [5.74, 6) is 0. The molecular formula is C19H22N4. The maximum absolute atomic E-state index is 4.47. The highest BCUT2D eigenvalue weighted by Crippen LogP contribution is 2.28. The third-order valence-electron chi connectivity index (χ3n) is 4.96. The summed E-state index contributed by atoms with van der Waals surface area (Å²) in [6.45, 7) is 4.76. The Balaban J connectivity index is 1.61. The van der Waals surface area contributed by atoms with Gasteiger partial charge in [-0.2, -0.15) is 0 Å². The first-order valence-electron chi connectivity index (χ1n) is 8.45. The molecule has 0 aliphatic carbocycles. The van der Waals surface area contributed by atoms with E-state index in [4.69, 9.17) is 0 Å². The number of hydrogen-bond acceptors (Lipinski definition) is 3. The highest BCUT2D eigenvalue weighted by atomic mass is 15.2. The van der Waals surface area contributed by atoms with Crippen molar-refractivity contribution < 1.29 is 0 Å². The number of rotatable bonds is 3. The van der Waals surface area contributed by atoms with Crippen LogP contribution in [0.1, 0.15) is 37.8 Å². The van der Waals surface area contributed by atoms with Crippen molar-refractivity contribution >= 4 is 11.0 Å². The second-order valence-electron chi connectivity index (χ2n) is 6.36. The Morgan fingerprint density at radius 3 is 2.57 bits per heavy atom. The molecule has 2 aromatic heterocycles. The predicted octanol–water partition coefficient (Wildman–Crippen LogP) is 4.17. The van der Waals surface area contributed by atoms with E-state index in [-0.39, 0.29) is 0 Å². The van der Waals surface area contributed by atoms with E-state index in [2.05, 4.69) is 51.0 Å². The second kappa shape index (κ2) is 6.13. The number of piperidine rings is 1. The molecule has 1 atom stereocenters. The molecule has 1 aliphatic rings. The van der Waals surface area contributed by atoms with E-state index in [9.17, 15) is 0 Å². The molecule has 0 amide bonds. The number of aromatic nitrogens is 3. The molecule has 3 aromatic rings. The molecule has 4 rings (SSSR count). The van der Waals surface area contributed by atoms with Crippen molar-refractivity contribution in [2.45, 2.75) is 32.2 Å². The van der Waals surface area contributed by atoms with Crippen LogP contribution in [0.15, 0.2) is 42.9 Å². The minimum absolute atomic E-state index is 0.488. The van der Waals surface area contributed by atoms with Gasteiger partial charge in [0.25, 0.3) is 0 Å². The van der Waals surface area contributed by atoms with Gasteiger partial charge in [0.15, 0.2) is 0 Å². The summed E-state index contributed by atoms with van der Waals surface area (Å²) in [7, 11) is 0. The fraction of sp³-hybridized carbons (Fsp3) is 0.368. The van der Waals surface area contributed by atoms with Crippen molar-refractivity contribution in [1.29, 1.82) is 0 Å². The summed E-state index contributed by atoms with van der Waals surface area (Å²) in [5, 5.41) is 1.07. The molecule has 1 fully saturated rings. The number of likely N-dealkylation sites (tertiary alicyclic amines) is 1. The Bertz CT molecular complexity index is 784. The lowest BCUT2D eigenvalue weighted by Crippen LogP contribution is -2.32. The summed E-state index contributed by atoms with van der Waals surface area (Å²) in [4.78, 5) is 14.5. The van der Waals surface area contributed by atoms with E-state index in [1.165, 1.54) is 37.9 Å². The Morgan fingerprint density at radius 1 is 1.00 bits per heavy atom. The maximum Gasteiger partial charge on any atom is 0.141 e. The molecule has 1 unspecified atom stereocenters. The zero-order valence-corrected chi connectivity index (χ0v) is 13.5. The largest absolute Gasteiger partial charge is 0.346 e. The van der Waals surface area contributed by atoms with Gasteiger partial charge in [0.1, 0.15) is 12.0 Å². The van der Waals surface area contributed by atoms with E-state index >= 15 is 0 Å². The Hall–Kier alpha value is -2.20. The Kier molecular flexibility index (Phi) is 3.83. The Morgan fingerprint density at radius 2 is 1.78 bits per heavy atom. The number of nitrogens with one attached hydrogen (secondary N) is 1. The molecule has 0 bridgehead atoms. The summed E-state index contributed by atoms with van der Waals surface area (Å²) in [6, 6.07) is 11.4. The van der Waals surface area contributed by atoms with Gasteiger partial charge in [0, 0.05) is 23.2 Å². The smallest absolute Gasteiger partial charge is 0.141 e. The first-order valence-corrected chi connectivity index (χ1v) is 8.45. The van der Waals surface area contributed by atoms with E-state index < -0.39 is 0 Å². The van der Waals surface area contributed by atoms with Gasteiger partial charge in [-0.3, -0.25) is 4.90 Å². The van der Waals surface area contributed by atoms with Gasteiger partial charge in [-0.15, -0.1) is 0 Å². The number of nitrogens with zero attached hydrogens (tertiary/aromatic N) is 3. The van der Waals surface area contributed by atoms with E-state index in [0.29, 0.717) is 6.04 Å². The van der Waals surface area contributed by atoms with Crippen LogP contribution < -0.4 is 0 Å². The van der Waals surface area contributed by atoms with Crippen LogP contribution in [-0.2, 0) is 0 Å². The van der Waals surface area contributed by atoms with Crippen molar-refractivity contribution in [3.63, 3.8) is 0 Å². The average molecular weight is 306 g/mol. The first kappa shape index (κ1) is 14.4. The van der Waals surface area contributed by atoms with E-state index in [0.717, 1.165) is 22.3 Å². The number of benzene rings is 1. The highest BCUT2D eigenvalue weighted by Gasteiger charge is 2.18. The van der Waals surface area contributed by atoms with Gasteiger partial charge < -0.3 is 4.98 Å². The number of hydrogen-bond donors (Lipinski definition) is 1. The molecule has 4 nitrogen and oxygen atoms in total. The molecule has 1 aliphatic heterocycles. The zero-order valence-electron chi connectivity index (χ0n) is 13.5. The van der Waals surface area contributed by atoms with Crippen LogP contribution >= 0.6 is 0 Å². The molecule has 118 valence electrons. The highest BCUT2D eigenvalue weighted by molar-refractivity contribution is 5.90. The topological polar surface area (TPSA) is 44.8 Å². The fourth-order valence-corrected chi connectivity index (χ4v) is 3.54. The summed E-state index contributed by atoms with van der Waals surface area (Å²) in [6.07, 6.45) is 7.57. The minimum Gasteiger partial charge on any atom is -0.346 e. The second-order valence-corrected chi connectivity index (χ2v) is 6.36. The quantitative estimate of drug-likeness (QED) is 0.790. The van der Waals surface area contributed by atoms with Gasteiger partial charge in [-0.25, -0.2) is 9.97 Å². The minimum atomic E-state index is 0.488. The molecule has 1 saturated heterocycles. The SMILES string of the molecule is CC(c1ccc(-c2ncnc3[nH]ccc23)cc1)N1CCCCC1. The van der Waals surface area contributed by atoms with Crippen molar-refractivity contribution in [2.24, 2.45) is 0 Å². The van der Waals surface area contributed by atoms with Gasteiger partial charge in [0.05, 0.1) is 5.69 Å². The monoisotopic (exact) mass is 306 g/mol. The van der Waals surface area contributed by atoms with Gasteiger partial charge in [0.2, 0.25) is 0 Å². The lowest BCUT2D eigenvalue weighted by molar-refractivity contribution is 0.175. The lowest BCUT2D eigenvalue weighted by atomic mass is 10.0. The van der Waals surface area contributed by atoms with E-state index in [1.54, 1.807) is 6.33 Å². The zero-order chi connectivity index (χ0) is 15.6.